The molecule has 1 rings (SSSR count). The van der Waals surface area contributed by atoms with Crippen LogP contribution in [0.25, 0.3) is 0 Å². The van der Waals surface area contributed by atoms with Gasteiger partial charge in [0.2, 0.25) is 0 Å². The first-order chi connectivity index (χ1) is 8.13. The van der Waals surface area contributed by atoms with E-state index in [1.54, 1.807) is 0 Å². The Morgan fingerprint density at radius 2 is 2.12 bits per heavy atom. The van der Waals surface area contributed by atoms with Crippen molar-refractivity contribution in [1.29, 1.82) is 0 Å². The van der Waals surface area contributed by atoms with Crippen LogP contribution in [0, 0.1) is 0 Å². The molecule has 0 aliphatic carbocycles. The molecule has 0 aliphatic rings. The second-order valence-corrected chi connectivity index (χ2v) is 4.97. The quantitative estimate of drug-likeness (QED) is 0.813. The minimum Gasteiger partial charge on any atom is -0.490 e. The van der Waals surface area contributed by atoms with E-state index in [1.807, 2.05) is 24.3 Å². The summed E-state index contributed by atoms with van der Waals surface area (Å²) in [7, 11) is 0. The van der Waals surface area contributed by atoms with Crippen LogP contribution >= 0.6 is 15.9 Å². The topological polar surface area (TPSA) is 41.5 Å². The Hall–Kier alpha value is -0.580. The molecule has 2 unspecified atom stereocenters. The highest BCUT2D eigenvalue weighted by Gasteiger charge is 2.08. The Bertz CT molecular complexity index is 333. The van der Waals surface area contributed by atoms with Crippen molar-refractivity contribution >= 4 is 15.9 Å². The fraction of sp³-hybridized carbons (Fsp3) is 0.538. The van der Waals surface area contributed by atoms with Gasteiger partial charge < -0.3 is 15.2 Å². The van der Waals surface area contributed by atoms with E-state index in [1.165, 1.54) is 0 Å². The van der Waals surface area contributed by atoms with Gasteiger partial charge in [0.15, 0.2) is 0 Å². The number of benzene rings is 1. The Kier molecular flexibility index (Phi) is 6.55. The third kappa shape index (κ3) is 5.52. The van der Waals surface area contributed by atoms with E-state index in [0.717, 1.165) is 16.6 Å². The van der Waals surface area contributed by atoms with E-state index in [0.29, 0.717) is 19.2 Å². The Balaban J connectivity index is 2.28. The molecule has 0 aromatic heterocycles. The van der Waals surface area contributed by atoms with Crippen molar-refractivity contribution in [2.45, 2.75) is 32.4 Å². The molecule has 0 spiro atoms. The van der Waals surface area contributed by atoms with Crippen molar-refractivity contribution in [3.8, 4) is 5.75 Å². The molecule has 0 saturated heterocycles. The Morgan fingerprint density at radius 1 is 1.41 bits per heavy atom. The average Bonchev–Trinajstić information content (AvgIpc) is 2.35. The summed E-state index contributed by atoms with van der Waals surface area (Å²) in [6.45, 7) is 5.06. The standard InChI is InChI=1S/C13H20BrNO2/c1-3-10(2)15-8-11(16)9-17-13-7-5-4-6-12(13)14/h4-7,10-11,15-16H,3,8-9H2,1-2H3. The van der Waals surface area contributed by atoms with Crippen LogP contribution in [0.1, 0.15) is 20.3 Å². The molecule has 4 heteroatoms. The number of rotatable bonds is 7. The smallest absolute Gasteiger partial charge is 0.133 e. The van der Waals surface area contributed by atoms with Crippen LogP contribution < -0.4 is 10.1 Å². The van der Waals surface area contributed by atoms with E-state index >= 15 is 0 Å². The summed E-state index contributed by atoms with van der Waals surface area (Å²) in [5, 5.41) is 13.0. The predicted molar refractivity (Wildman–Crippen MR) is 73.4 cm³/mol. The van der Waals surface area contributed by atoms with Gasteiger partial charge >= 0.3 is 0 Å². The minimum absolute atomic E-state index is 0.298. The summed E-state index contributed by atoms with van der Waals surface area (Å²) in [5.41, 5.74) is 0. The SMILES string of the molecule is CCC(C)NCC(O)COc1ccccc1Br. The summed E-state index contributed by atoms with van der Waals surface area (Å²) in [6, 6.07) is 8.05. The largest absolute Gasteiger partial charge is 0.490 e. The van der Waals surface area contributed by atoms with E-state index < -0.39 is 6.10 Å². The van der Waals surface area contributed by atoms with Gasteiger partial charge in [-0.15, -0.1) is 0 Å². The van der Waals surface area contributed by atoms with Crippen LogP contribution in [-0.2, 0) is 0 Å². The number of nitrogens with one attached hydrogen (secondary N) is 1. The molecule has 1 aromatic rings. The summed E-state index contributed by atoms with van der Waals surface area (Å²) in [4.78, 5) is 0. The first kappa shape index (κ1) is 14.5. The van der Waals surface area contributed by atoms with Crippen LogP contribution in [0.15, 0.2) is 28.7 Å². The third-order valence-electron chi connectivity index (χ3n) is 2.58. The van der Waals surface area contributed by atoms with Crippen molar-refractivity contribution in [1.82, 2.24) is 5.32 Å². The van der Waals surface area contributed by atoms with E-state index in [2.05, 4.69) is 35.1 Å². The maximum absolute atomic E-state index is 9.74. The Morgan fingerprint density at radius 3 is 2.76 bits per heavy atom. The number of aliphatic hydroxyl groups is 1. The van der Waals surface area contributed by atoms with Crippen molar-refractivity contribution in [3.05, 3.63) is 28.7 Å². The fourth-order valence-corrected chi connectivity index (χ4v) is 1.69. The first-order valence-electron chi connectivity index (χ1n) is 5.92. The van der Waals surface area contributed by atoms with Crippen LogP contribution in [0.2, 0.25) is 0 Å². The second kappa shape index (κ2) is 7.69. The lowest BCUT2D eigenvalue weighted by molar-refractivity contribution is 0.103. The highest BCUT2D eigenvalue weighted by Crippen LogP contribution is 2.23. The van der Waals surface area contributed by atoms with Gasteiger partial charge in [-0.1, -0.05) is 19.1 Å². The lowest BCUT2D eigenvalue weighted by atomic mass is 10.2. The molecule has 0 saturated carbocycles. The maximum atomic E-state index is 9.74. The zero-order valence-corrected chi connectivity index (χ0v) is 11.9. The van der Waals surface area contributed by atoms with Crippen LogP contribution in [-0.4, -0.2) is 30.4 Å². The molecule has 0 fully saturated rings. The molecule has 2 atom stereocenters. The molecule has 0 bridgehead atoms. The molecular weight excluding hydrogens is 282 g/mol. The predicted octanol–water partition coefficient (Wildman–Crippen LogP) is 2.58. The van der Waals surface area contributed by atoms with Crippen LogP contribution in [0.5, 0.6) is 5.75 Å². The number of para-hydroxylation sites is 1. The molecule has 2 N–H and O–H groups in total. The fourth-order valence-electron chi connectivity index (χ4n) is 1.29. The van der Waals surface area contributed by atoms with Gasteiger partial charge in [0.1, 0.15) is 18.5 Å². The Labute approximate surface area is 111 Å². The molecule has 3 nitrogen and oxygen atoms in total. The number of hydrogen-bond acceptors (Lipinski definition) is 3. The molecule has 0 radical (unpaired) electrons. The summed E-state index contributed by atoms with van der Waals surface area (Å²) >= 11 is 3.40. The number of ether oxygens (including phenoxy) is 1. The first-order valence-corrected chi connectivity index (χ1v) is 6.71. The van der Waals surface area contributed by atoms with Gasteiger partial charge in [-0.25, -0.2) is 0 Å². The molecule has 1 aromatic carbocycles. The lowest BCUT2D eigenvalue weighted by Gasteiger charge is -2.16. The normalized spacial score (nSPS) is 14.4. The maximum Gasteiger partial charge on any atom is 0.133 e. The van der Waals surface area contributed by atoms with Gasteiger partial charge in [0, 0.05) is 12.6 Å². The monoisotopic (exact) mass is 301 g/mol. The van der Waals surface area contributed by atoms with E-state index in [4.69, 9.17) is 4.74 Å². The number of hydrogen-bond donors (Lipinski definition) is 2. The highest BCUT2D eigenvalue weighted by molar-refractivity contribution is 9.10. The van der Waals surface area contributed by atoms with Crippen LogP contribution in [0.4, 0.5) is 0 Å². The minimum atomic E-state index is -0.490. The molecule has 96 valence electrons. The molecule has 0 aliphatic heterocycles. The van der Waals surface area contributed by atoms with Gasteiger partial charge in [-0.3, -0.25) is 0 Å². The van der Waals surface area contributed by atoms with Gasteiger partial charge in [-0.05, 0) is 41.4 Å². The third-order valence-corrected chi connectivity index (χ3v) is 3.24. The number of aliphatic hydroxyl groups excluding tert-OH is 1. The summed E-state index contributed by atoms with van der Waals surface area (Å²) in [6.07, 6.45) is 0.564. The zero-order valence-electron chi connectivity index (χ0n) is 10.3. The van der Waals surface area contributed by atoms with Gasteiger partial charge in [0.25, 0.3) is 0 Å². The lowest BCUT2D eigenvalue weighted by Crippen LogP contribution is -2.36. The molecule has 0 heterocycles. The van der Waals surface area contributed by atoms with Crippen molar-refractivity contribution in [3.63, 3.8) is 0 Å². The van der Waals surface area contributed by atoms with E-state index in [-0.39, 0.29) is 0 Å². The number of halogens is 1. The van der Waals surface area contributed by atoms with E-state index in [9.17, 15) is 5.11 Å². The van der Waals surface area contributed by atoms with Crippen molar-refractivity contribution < 1.29 is 9.84 Å². The second-order valence-electron chi connectivity index (χ2n) is 4.11. The average molecular weight is 302 g/mol. The molecular formula is C13H20BrNO2. The molecule has 0 amide bonds. The zero-order chi connectivity index (χ0) is 12.7. The summed E-state index contributed by atoms with van der Waals surface area (Å²) in [5.74, 6) is 0.759. The molecule has 17 heavy (non-hydrogen) atoms. The van der Waals surface area contributed by atoms with Crippen molar-refractivity contribution in [2.75, 3.05) is 13.2 Å². The van der Waals surface area contributed by atoms with Crippen molar-refractivity contribution in [2.24, 2.45) is 0 Å². The van der Waals surface area contributed by atoms with Gasteiger partial charge in [0.05, 0.1) is 4.47 Å². The highest BCUT2D eigenvalue weighted by atomic mass is 79.9. The van der Waals surface area contributed by atoms with Gasteiger partial charge in [-0.2, -0.15) is 0 Å². The summed E-state index contributed by atoms with van der Waals surface area (Å²) < 4.78 is 6.43. The van der Waals surface area contributed by atoms with Crippen LogP contribution in [0.3, 0.4) is 0 Å².